The van der Waals surface area contributed by atoms with E-state index in [1.54, 1.807) is 6.07 Å². The number of hydrogen-bond donors (Lipinski definition) is 1. The van der Waals surface area contributed by atoms with Crippen LogP contribution in [0.15, 0.2) is 24.3 Å². The van der Waals surface area contributed by atoms with Crippen LogP contribution < -0.4 is 4.90 Å². The molecular formula is C15H22FNO. The Kier molecular flexibility index (Phi) is 4.59. The summed E-state index contributed by atoms with van der Waals surface area (Å²) in [5.41, 5.74) is 0.824. The van der Waals surface area contributed by atoms with E-state index in [0.717, 1.165) is 18.5 Å². The maximum Gasteiger partial charge on any atom is 0.125 e. The van der Waals surface area contributed by atoms with Crippen molar-refractivity contribution < 1.29 is 9.50 Å². The zero-order chi connectivity index (χ0) is 13.0. The molecule has 1 unspecified atom stereocenters. The molecule has 1 atom stereocenters. The molecule has 0 bridgehead atoms. The lowest BCUT2D eigenvalue weighted by molar-refractivity contribution is 0.0910. The van der Waals surface area contributed by atoms with Crippen molar-refractivity contribution in [1.82, 2.24) is 0 Å². The fourth-order valence-electron chi connectivity index (χ4n) is 2.77. The Balaban J connectivity index is 1.91. The van der Waals surface area contributed by atoms with Crippen LogP contribution in [-0.4, -0.2) is 24.8 Å². The van der Waals surface area contributed by atoms with Crippen molar-refractivity contribution in [2.24, 2.45) is 5.92 Å². The molecule has 100 valence electrons. The van der Waals surface area contributed by atoms with E-state index in [1.807, 2.05) is 18.0 Å². The summed E-state index contributed by atoms with van der Waals surface area (Å²) in [6.07, 6.45) is 5.69. The third-order valence-electron chi connectivity index (χ3n) is 3.90. The van der Waals surface area contributed by atoms with E-state index in [-0.39, 0.29) is 11.9 Å². The van der Waals surface area contributed by atoms with Gasteiger partial charge in [0.2, 0.25) is 0 Å². The Morgan fingerprint density at radius 3 is 2.72 bits per heavy atom. The number of aliphatic hydroxyl groups is 1. The van der Waals surface area contributed by atoms with E-state index >= 15 is 0 Å². The van der Waals surface area contributed by atoms with Crippen molar-refractivity contribution in [1.29, 1.82) is 0 Å². The standard InChI is InChI=1S/C15H22FNO/c1-17(14-9-5-8-13(16)10-14)11-15(18)12-6-3-2-4-7-12/h5,8-10,12,15,18H,2-4,6-7,11H2,1H3. The summed E-state index contributed by atoms with van der Waals surface area (Å²) in [5.74, 6) is 0.182. The maximum absolute atomic E-state index is 13.1. The fraction of sp³-hybridized carbons (Fsp3) is 0.600. The van der Waals surface area contributed by atoms with Gasteiger partial charge in [0.15, 0.2) is 0 Å². The largest absolute Gasteiger partial charge is 0.391 e. The lowest BCUT2D eigenvalue weighted by atomic mass is 9.85. The Hall–Kier alpha value is -1.09. The molecular weight excluding hydrogens is 229 g/mol. The molecule has 0 saturated heterocycles. The minimum atomic E-state index is -0.307. The SMILES string of the molecule is CN(CC(O)C1CCCCC1)c1cccc(F)c1. The highest BCUT2D eigenvalue weighted by Gasteiger charge is 2.22. The van der Waals surface area contributed by atoms with Crippen LogP contribution in [0.5, 0.6) is 0 Å². The number of benzene rings is 1. The zero-order valence-electron chi connectivity index (χ0n) is 11.0. The maximum atomic E-state index is 13.1. The Morgan fingerprint density at radius 1 is 1.33 bits per heavy atom. The predicted octanol–water partition coefficient (Wildman–Crippen LogP) is 3.20. The molecule has 1 fully saturated rings. The van der Waals surface area contributed by atoms with Gasteiger partial charge in [-0.3, -0.25) is 0 Å². The predicted molar refractivity (Wildman–Crippen MR) is 72.3 cm³/mol. The Labute approximate surface area is 108 Å². The molecule has 3 heteroatoms. The zero-order valence-corrected chi connectivity index (χ0v) is 11.0. The van der Waals surface area contributed by atoms with E-state index in [1.165, 1.54) is 31.4 Å². The van der Waals surface area contributed by atoms with Gasteiger partial charge >= 0.3 is 0 Å². The molecule has 2 rings (SSSR count). The lowest BCUT2D eigenvalue weighted by Crippen LogP contribution is -2.35. The minimum absolute atomic E-state index is 0.230. The van der Waals surface area contributed by atoms with Crippen LogP contribution in [0.2, 0.25) is 0 Å². The van der Waals surface area contributed by atoms with Gasteiger partial charge in [-0.05, 0) is 37.0 Å². The van der Waals surface area contributed by atoms with Gasteiger partial charge < -0.3 is 10.0 Å². The van der Waals surface area contributed by atoms with E-state index in [9.17, 15) is 9.50 Å². The smallest absolute Gasteiger partial charge is 0.125 e. The molecule has 0 aromatic heterocycles. The van der Waals surface area contributed by atoms with Gasteiger partial charge in [0.1, 0.15) is 5.82 Å². The van der Waals surface area contributed by atoms with E-state index in [4.69, 9.17) is 0 Å². The van der Waals surface area contributed by atoms with Gasteiger partial charge in [-0.15, -0.1) is 0 Å². The van der Waals surface area contributed by atoms with Crippen molar-refractivity contribution in [2.45, 2.75) is 38.2 Å². The van der Waals surface area contributed by atoms with Gasteiger partial charge in [-0.25, -0.2) is 4.39 Å². The summed E-state index contributed by atoms with van der Waals surface area (Å²) in [4.78, 5) is 1.93. The number of anilines is 1. The highest BCUT2D eigenvalue weighted by Crippen LogP contribution is 2.27. The second kappa shape index (κ2) is 6.19. The average Bonchev–Trinajstić information content (AvgIpc) is 2.39. The van der Waals surface area contributed by atoms with Crippen LogP contribution in [0.1, 0.15) is 32.1 Å². The van der Waals surface area contributed by atoms with E-state index in [2.05, 4.69) is 0 Å². The van der Waals surface area contributed by atoms with Crippen LogP contribution >= 0.6 is 0 Å². The van der Waals surface area contributed by atoms with Gasteiger partial charge in [-0.2, -0.15) is 0 Å². The fourth-order valence-corrected chi connectivity index (χ4v) is 2.77. The first-order valence-electron chi connectivity index (χ1n) is 6.81. The molecule has 1 aromatic rings. The molecule has 1 aromatic carbocycles. The third-order valence-corrected chi connectivity index (χ3v) is 3.90. The second-order valence-electron chi connectivity index (χ2n) is 5.33. The molecule has 0 heterocycles. The summed E-state index contributed by atoms with van der Waals surface area (Å²) in [5, 5.41) is 10.2. The highest BCUT2D eigenvalue weighted by molar-refractivity contribution is 5.45. The summed E-state index contributed by atoms with van der Waals surface area (Å²) in [7, 11) is 1.90. The van der Waals surface area contributed by atoms with Gasteiger partial charge in [0.25, 0.3) is 0 Å². The Morgan fingerprint density at radius 2 is 2.06 bits per heavy atom. The van der Waals surface area contributed by atoms with Gasteiger partial charge in [0, 0.05) is 19.3 Å². The van der Waals surface area contributed by atoms with Crippen LogP contribution in [-0.2, 0) is 0 Å². The number of hydrogen-bond acceptors (Lipinski definition) is 2. The van der Waals surface area contributed by atoms with Crippen molar-refractivity contribution >= 4 is 5.69 Å². The molecule has 1 saturated carbocycles. The number of nitrogens with zero attached hydrogens (tertiary/aromatic N) is 1. The van der Waals surface area contributed by atoms with Crippen LogP contribution in [0.4, 0.5) is 10.1 Å². The minimum Gasteiger partial charge on any atom is -0.391 e. The lowest BCUT2D eigenvalue weighted by Gasteiger charge is -2.30. The number of likely N-dealkylation sites (N-methyl/N-ethyl adjacent to an activating group) is 1. The molecule has 0 aliphatic heterocycles. The quantitative estimate of drug-likeness (QED) is 0.888. The van der Waals surface area contributed by atoms with Gasteiger partial charge in [0.05, 0.1) is 6.10 Å². The molecule has 0 radical (unpaired) electrons. The summed E-state index contributed by atoms with van der Waals surface area (Å²) in [6.45, 7) is 0.578. The van der Waals surface area contributed by atoms with Crippen LogP contribution in [0.25, 0.3) is 0 Å². The average molecular weight is 251 g/mol. The first kappa shape index (κ1) is 13.3. The second-order valence-corrected chi connectivity index (χ2v) is 5.33. The van der Waals surface area contributed by atoms with E-state index in [0.29, 0.717) is 12.5 Å². The topological polar surface area (TPSA) is 23.5 Å². The molecule has 18 heavy (non-hydrogen) atoms. The van der Waals surface area contributed by atoms with Crippen molar-refractivity contribution in [3.05, 3.63) is 30.1 Å². The van der Waals surface area contributed by atoms with Crippen LogP contribution in [0, 0.1) is 11.7 Å². The van der Waals surface area contributed by atoms with Crippen molar-refractivity contribution in [3.63, 3.8) is 0 Å². The normalized spacial score (nSPS) is 18.6. The monoisotopic (exact) mass is 251 g/mol. The number of rotatable bonds is 4. The Bertz CT molecular complexity index is 377. The highest BCUT2D eigenvalue weighted by atomic mass is 19.1. The van der Waals surface area contributed by atoms with Crippen LogP contribution in [0.3, 0.4) is 0 Å². The van der Waals surface area contributed by atoms with Crippen molar-refractivity contribution in [3.8, 4) is 0 Å². The number of aliphatic hydroxyl groups excluding tert-OH is 1. The van der Waals surface area contributed by atoms with E-state index < -0.39 is 0 Å². The molecule has 2 nitrogen and oxygen atoms in total. The summed E-state index contributed by atoms with van der Waals surface area (Å²) < 4.78 is 13.1. The molecule has 0 spiro atoms. The van der Waals surface area contributed by atoms with Crippen molar-refractivity contribution in [2.75, 3.05) is 18.5 Å². The molecule has 1 aliphatic rings. The van der Waals surface area contributed by atoms with Gasteiger partial charge in [-0.1, -0.05) is 25.3 Å². The first-order chi connectivity index (χ1) is 8.66. The third kappa shape index (κ3) is 3.45. The summed E-state index contributed by atoms with van der Waals surface area (Å²) >= 11 is 0. The molecule has 1 aliphatic carbocycles. The summed E-state index contributed by atoms with van der Waals surface area (Å²) in [6, 6.07) is 6.52. The molecule has 0 amide bonds. The number of halogens is 1. The molecule has 1 N–H and O–H groups in total. The first-order valence-corrected chi connectivity index (χ1v) is 6.81.